The first-order valence-electron chi connectivity index (χ1n) is 10.5. The van der Waals surface area contributed by atoms with E-state index in [0.29, 0.717) is 0 Å². The molecule has 0 saturated carbocycles. The van der Waals surface area contributed by atoms with Crippen LogP contribution in [0.3, 0.4) is 0 Å². The van der Waals surface area contributed by atoms with E-state index in [-0.39, 0.29) is 0 Å². The maximum atomic E-state index is 2.54. The summed E-state index contributed by atoms with van der Waals surface area (Å²) in [5, 5.41) is 2.83. The molecule has 0 fully saturated rings. The largest absolute Gasteiger partial charge is 0.214 e. The van der Waals surface area contributed by atoms with Gasteiger partial charge in [-0.2, -0.15) is 4.58 Å². The Bertz CT molecular complexity index is 721. The minimum atomic E-state index is 1.16. The van der Waals surface area contributed by atoms with Crippen LogP contribution in [0.25, 0.3) is 10.8 Å². The van der Waals surface area contributed by atoms with Crippen molar-refractivity contribution >= 4 is 22.2 Å². The third-order valence-corrected chi connectivity index (χ3v) is 5.70. The molecule has 25 heavy (non-hydrogen) atoms. The molecule has 1 nitrogen and oxygen atoms in total. The molecule has 0 radical (unpaired) electrons. The van der Waals surface area contributed by atoms with Crippen LogP contribution in [0.4, 0.5) is 5.69 Å². The van der Waals surface area contributed by atoms with Crippen molar-refractivity contribution in [3.63, 3.8) is 0 Å². The highest BCUT2D eigenvalue weighted by Crippen LogP contribution is 2.35. The summed E-state index contributed by atoms with van der Waals surface area (Å²) in [7, 11) is 0. The van der Waals surface area contributed by atoms with Crippen LogP contribution >= 0.6 is 0 Å². The Kier molecular flexibility index (Phi) is 6.67. The molecule has 1 aliphatic rings. The molecule has 1 heterocycles. The van der Waals surface area contributed by atoms with Gasteiger partial charge in [0.15, 0.2) is 5.71 Å². The second kappa shape index (κ2) is 9.17. The lowest BCUT2D eigenvalue weighted by Gasteiger charge is -2.03. The monoisotopic (exact) mass is 336 g/mol. The molecule has 0 saturated heterocycles. The maximum Gasteiger partial charge on any atom is 0.214 e. The van der Waals surface area contributed by atoms with Crippen LogP contribution in [0, 0.1) is 0 Å². The molecule has 0 spiro atoms. The Morgan fingerprint density at radius 1 is 0.720 bits per heavy atom. The number of rotatable bonds is 11. The Labute approximate surface area is 153 Å². The summed E-state index contributed by atoms with van der Waals surface area (Å²) < 4.78 is 2.54. The molecule has 0 N–H and O–H groups in total. The first kappa shape index (κ1) is 18.2. The van der Waals surface area contributed by atoms with Crippen molar-refractivity contribution in [2.45, 2.75) is 78.1 Å². The third-order valence-electron chi connectivity index (χ3n) is 5.70. The van der Waals surface area contributed by atoms with Gasteiger partial charge in [0.05, 0.1) is 10.9 Å². The average Bonchev–Trinajstić information content (AvgIpc) is 2.91. The minimum Gasteiger partial charge on any atom is -0.195 e. The average molecular weight is 337 g/mol. The standard InChI is InChI=1S/C24H34N/c1-3-4-5-6-7-8-9-10-11-12-19-25-20(2)22-17-13-15-21-16-14-18-23(25)24(21)22/h13-18H,3-12,19H2,1-2H3/q+1. The minimum absolute atomic E-state index is 1.16. The molecule has 1 aliphatic heterocycles. The van der Waals surface area contributed by atoms with Crippen LogP contribution in [-0.4, -0.2) is 16.8 Å². The second-order valence-corrected chi connectivity index (χ2v) is 7.60. The number of unbranched alkanes of at least 4 members (excludes halogenated alkanes) is 9. The van der Waals surface area contributed by atoms with E-state index >= 15 is 0 Å². The lowest BCUT2D eigenvalue weighted by atomic mass is 10.0. The quantitative estimate of drug-likeness (QED) is 0.301. The van der Waals surface area contributed by atoms with E-state index in [1.54, 1.807) is 0 Å². The van der Waals surface area contributed by atoms with Crippen LogP contribution < -0.4 is 0 Å². The third kappa shape index (κ3) is 4.32. The Balaban J connectivity index is 1.43. The van der Waals surface area contributed by atoms with E-state index in [9.17, 15) is 0 Å². The summed E-state index contributed by atoms with van der Waals surface area (Å²) in [5.41, 5.74) is 4.28. The van der Waals surface area contributed by atoms with Crippen LogP contribution in [0.2, 0.25) is 0 Å². The van der Waals surface area contributed by atoms with Gasteiger partial charge >= 0.3 is 0 Å². The Morgan fingerprint density at radius 3 is 2.00 bits per heavy atom. The highest BCUT2D eigenvalue weighted by atomic mass is 15.0. The van der Waals surface area contributed by atoms with Gasteiger partial charge in [-0.3, -0.25) is 0 Å². The normalized spacial score (nSPS) is 13.2. The molecule has 0 atom stereocenters. The summed E-state index contributed by atoms with van der Waals surface area (Å²) in [6, 6.07) is 13.4. The van der Waals surface area contributed by atoms with Crippen molar-refractivity contribution in [2.24, 2.45) is 0 Å². The first-order chi connectivity index (χ1) is 12.3. The number of nitrogens with zero attached hydrogens (tertiary/aromatic N) is 1. The predicted molar refractivity (Wildman–Crippen MR) is 110 cm³/mol. The van der Waals surface area contributed by atoms with Gasteiger partial charge in [-0.25, -0.2) is 0 Å². The molecule has 0 bridgehead atoms. The van der Waals surface area contributed by atoms with Gasteiger partial charge in [-0.15, -0.1) is 0 Å². The van der Waals surface area contributed by atoms with Gasteiger partial charge in [0.25, 0.3) is 0 Å². The van der Waals surface area contributed by atoms with Gasteiger partial charge in [0.2, 0.25) is 5.69 Å². The Morgan fingerprint density at radius 2 is 1.32 bits per heavy atom. The van der Waals surface area contributed by atoms with Crippen molar-refractivity contribution < 1.29 is 4.58 Å². The number of hydrogen-bond donors (Lipinski definition) is 0. The van der Waals surface area contributed by atoms with Gasteiger partial charge in [-0.1, -0.05) is 82.6 Å². The van der Waals surface area contributed by atoms with E-state index in [1.165, 1.54) is 91.9 Å². The van der Waals surface area contributed by atoms with Crippen molar-refractivity contribution in [2.75, 3.05) is 6.54 Å². The van der Waals surface area contributed by atoms with Crippen molar-refractivity contribution in [1.82, 2.24) is 0 Å². The van der Waals surface area contributed by atoms with Gasteiger partial charge in [0, 0.05) is 19.4 Å². The zero-order valence-electron chi connectivity index (χ0n) is 16.2. The van der Waals surface area contributed by atoms with E-state index in [4.69, 9.17) is 0 Å². The van der Waals surface area contributed by atoms with E-state index < -0.39 is 0 Å². The first-order valence-corrected chi connectivity index (χ1v) is 10.5. The molecule has 0 amide bonds. The summed E-state index contributed by atoms with van der Waals surface area (Å²) in [4.78, 5) is 0. The van der Waals surface area contributed by atoms with Crippen LogP contribution in [0.5, 0.6) is 0 Å². The summed E-state index contributed by atoms with van der Waals surface area (Å²) in [6.07, 6.45) is 14.0. The summed E-state index contributed by atoms with van der Waals surface area (Å²) in [5.74, 6) is 0. The highest BCUT2D eigenvalue weighted by Gasteiger charge is 2.28. The summed E-state index contributed by atoms with van der Waals surface area (Å²) in [6.45, 7) is 5.74. The van der Waals surface area contributed by atoms with Crippen LogP contribution in [-0.2, 0) is 0 Å². The second-order valence-electron chi connectivity index (χ2n) is 7.60. The van der Waals surface area contributed by atoms with Gasteiger partial charge in [0.1, 0.15) is 6.54 Å². The van der Waals surface area contributed by atoms with E-state index in [1.807, 2.05) is 0 Å². The lowest BCUT2D eigenvalue weighted by Crippen LogP contribution is -2.12. The number of hydrogen-bond acceptors (Lipinski definition) is 0. The molecular weight excluding hydrogens is 302 g/mol. The fourth-order valence-corrected chi connectivity index (χ4v) is 4.22. The predicted octanol–water partition coefficient (Wildman–Crippen LogP) is 7.23. The zero-order valence-corrected chi connectivity index (χ0v) is 16.2. The van der Waals surface area contributed by atoms with Gasteiger partial charge in [-0.05, 0) is 17.9 Å². The molecule has 1 heteroatoms. The van der Waals surface area contributed by atoms with Crippen molar-refractivity contribution in [1.29, 1.82) is 0 Å². The topological polar surface area (TPSA) is 3.01 Å². The summed E-state index contributed by atoms with van der Waals surface area (Å²) >= 11 is 0. The molecule has 0 aromatic heterocycles. The number of benzene rings is 2. The molecule has 0 aliphatic carbocycles. The molecule has 0 unspecified atom stereocenters. The van der Waals surface area contributed by atoms with Crippen LogP contribution in [0.1, 0.15) is 83.6 Å². The van der Waals surface area contributed by atoms with Crippen molar-refractivity contribution in [3.8, 4) is 0 Å². The molecule has 2 aromatic rings. The molecule has 2 aromatic carbocycles. The zero-order chi connectivity index (χ0) is 17.5. The molecule has 134 valence electrons. The smallest absolute Gasteiger partial charge is 0.195 e. The fourth-order valence-electron chi connectivity index (χ4n) is 4.22. The molecule has 3 rings (SSSR count). The van der Waals surface area contributed by atoms with Crippen molar-refractivity contribution in [3.05, 3.63) is 42.0 Å². The van der Waals surface area contributed by atoms with E-state index in [0.717, 1.165) is 6.54 Å². The maximum absolute atomic E-state index is 2.54. The Hall–Kier alpha value is -1.63. The fraction of sp³-hybridized carbons (Fsp3) is 0.542. The molecular formula is C24H34N+. The van der Waals surface area contributed by atoms with Gasteiger partial charge < -0.3 is 0 Å². The SMILES string of the molecule is CCCCCCCCCCCC[N+]1=C(C)c2cccc3cccc1c23. The lowest BCUT2D eigenvalue weighted by molar-refractivity contribution is -0.437. The highest BCUT2D eigenvalue weighted by molar-refractivity contribution is 6.14. The van der Waals surface area contributed by atoms with Crippen LogP contribution in [0.15, 0.2) is 36.4 Å². The van der Waals surface area contributed by atoms with E-state index in [2.05, 4.69) is 54.8 Å².